The molecule has 1 aromatic carbocycles. The third-order valence-corrected chi connectivity index (χ3v) is 4.78. The predicted octanol–water partition coefficient (Wildman–Crippen LogP) is 3.00. The molecule has 0 radical (unpaired) electrons. The first-order chi connectivity index (χ1) is 13.2. The highest BCUT2D eigenvalue weighted by molar-refractivity contribution is 6.31. The molecule has 1 unspecified atom stereocenters. The molecule has 0 spiro atoms. The second-order valence-corrected chi connectivity index (χ2v) is 6.72. The van der Waals surface area contributed by atoms with Gasteiger partial charge in [0.1, 0.15) is 0 Å². The van der Waals surface area contributed by atoms with Crippen molar-refractivity contribution in [3.63, 3.8) is 0 Å². The van der Waals surface area contributed by atoms with Crippen LogP contribution < -0.4 is 5.32 Å². The second kappa shape index (κ2) is 8.88. The maximum absolute atomic E-state index is 12.6. The van der Waals surface area contributed by atoms with Gasteiger partial charge in [-0.05, 0) is 32.0 Å². The fourth-order valence-electron chi connectivity index (χ4n) is 2.63. The van der Waals surface area contributed by atoms with E-state index in [4.69, 9.17) is 11.6 Å². The molecule has 0 fully saturated rings. The van der Waals surface area contributed by atoms with Crippen LogP contribution in [0.25, 0.3) is 0 Å². The average molecular weight is 408 g/mol. The molecule has 0 saturated carbocycles. The zero-order chi connectivity index (χ0) is 21.0. The Morgan fingerprint density at radius 1 is 1.11 bits per heavy atom. The Morgan fingerprint density at radius 3 is 2.07 bits per heavy atom. The number of nitrogens with zero attached hydrogens (tertiary/aromatic N) is 2. The minimum absolute atomic E-state index is 0.124. The Labute approximate surface area is 167 Å². The normalized spacial score (nSPS) is 11.6. The number of aryl methyl sites for hydroxylation is 1. The van der Waals surface area contributed by atoms with Gasteiger partial charge >= 0.3 is 11.9 Å². The molecular formula is C19H22ClN3O5. The van der Waals surface area contributed by atoms with Gasteiger partial charge in [0.2, 0.25) is 5.91 Å². The summed E-state index contributed by atoms with van der Waals surface area (Å²) in [6, 6.07) is 4.21. The van der Waals surface area contributed by atoms with Crippen molar-refractivity contribution in [2.75, 3.05) is 19.5 Å². The summed E-state index contributed by atoms with van der Waals surface area (Å²) in [6.45, 7) is 5.69. The molecule has 0 aliphatic heterocycles. The number of halogens is 1. The number of carbonyl (C=O) groups excluding carboxylic acids is 3. The highest BCUT2D eigenvalue weighted by Crippen LogP contribution is 2.21. The van der Waals surface area contributed by atoms with Crippen molar-refractivity contribution >= 4 is 35.1 Å². The highest BCUT2D eigenvalue weighted by atomic mass is 35.5. The molecule has 1 heterocycles. The molecule has 1 N–H and O–H groups in total. The summed E-state index contributed by atoms with van der Waals surface area (Å²) < 4.78 is 11.1. The summed E-state index contributed by atoms with van der Waals surface area (Å²) in [5.74, 6) is -2.02. The number of anilines is 1. The SMILES string of the molecule is COC(=O)c1cc(NC(=O)C(C)Cn2nc(C)c(Cl)c2C)cc(C(=O)OC)c1. The number of aromatic nitrogens is 2. The van der Waals surface area contributed by atoms with Gasteiger partial charge < -0.3 is 14.8 Å². The molecular weight excluding hydrogens is 386 g/mol. The molecule has 2 aromatic rings. The topological polar surface area (TPSA) is 99.5 Å². The van der Waals surface area contributed by atoms with E-state index in [-0.39, 0.29) is 22.7 Å². The molecule has 28 heavy (non-hydrogen) atoms. The number of amides is 1. The van der Waals surface area contributed by atoms with Gasteiger partial charge in [-0.25, -0.2) is 9.59 Å². The van der Waals surface area contributed by atoms with Crippen molar-refractivity contribution in [2.45, 2.75) is 27.3 Å². The van der Waals surface area contributed by atoms with E-state index in [1.165, 1.54) is 32.4 Å². The van der Waals surface area contributed by atoms with Gasteiger partial charge in [-0.1, -0.05) is 18.5 Å². The summed E-state index contributed by atoms with van der Waals surface area (Å²) in [5, 5.41) is 7.60. The summed E-state index contributed by atoms with van der Waals surface area (Å²) in [4.78, 5) is 36.3. The maximum atomic E-state index is 12.6. The molecule has 0 saturated heterocycles. The number of rotatable bonds is 6. The van der Waals surface area contributed by atoms with Crippen molar-refractivity contribution in [3.8, 4) is 0 Å². The lowest BCUT2D eigenvalue weighted by molar-refractivity contribution is -0.119. The van der Waals surface area contributed by atoms with E-state index in [0.717, 1.165) is 5.69 Å². The quantitative estimate of drug-likeness (QED) is 0.739. The maximum Gasteiger partial charge on any atom is 0.337 e. The summed E-state index contributed by atoms with van der Waals surface area (Å²) in [7, 11) is 2.46. The standard InChI is InChI=1S/C19H22ClN3O5/c1-10(9-23-12(3)16(20)11(2)22-23)17(24)21-15-7-13(18(25)27-4)6-14(8-15)19(26)28-5/h6-8,10H,9H2,1-5H3,(H,21,24). The Bertz CT molecular complexity index is 888. The minimum Gasteiger partial charge on any atom is -0.465 e. The lowest BCUT2D eigenvalue weighted by Crippen LogP contribution is -2.25. The monoisotopic (exact) mass is 407 g/mol. The molecule has 0 aliphatic rings. The number of benzene rings is 1. The van der Waals surface area contributed by atoms with Crippen LogP contribution >= 0.6 is 11.6 Å². The largest absolute Gasteiger partial charge is 0.465 e. The minimum atomic E-state index is -0.633. The number of esters is 2. The number of hydrogen-bond donors (Lipinski definition) is 1. The van der Waals surface area contributed by atoms with Crippen molar-refractivity contribution in [1.29, 1.82) is 0 Å². The summed E-state index contributed by atoms with van der Waals surface area (Å²) in [6.07, 6.45) is 0. The molecule has 0 aliphatic carbocycles. The van der Waals surface area contributed by atoms with Crippen LogP contribution in [0.15, 0.2) is 18.2 Å². The lowest BCUT2D eigenvalue weighted by Gasteiger charge is -2.14. The fraction of sp³-hybridized carbons (Fsp3) is 0.368. The average Bonchev–Trinajstić information content (AvgIpc) is 2.92. The van der Waals surface area contributed by atoms with E-state index in [1.54, 1.807) is 18.5 Å². The summed E-state index contributed by atoms with van der Waals surface area (Å²) >= 11 is 6.14. The Balaban J connectivity index is 2.22. The van der Waals surface area contributed by atoms with Crippen LogP contribution in [0, 0.1) is 19.8 Å². The number of methoxy groups -OCH3 is 2. The van der Waals surface area contributed by atoms with E-state index >= 15 is 0 Å². The zero-order valence-corrected chi connectivity index (χ0v) is 17.1. The third-order valence-electron chi connectivity index (χ3n) is 4.23. The molecule has 2 rings (SSSR count). The zero-order valence-electron chi connectivity index (χ0n) is 16.3. The van der Waals surface area contributed by atoms with Crippen molar-refractivity contribution in [3.05, 3.63) is 45.7 Å². The van der Waals surface area contributed by atoms with E-state index < -0.39 is 17.9 Å². The molecule has 1 amide bonds. The summed E-state index contributed by atoms with van der Waals surface area (Å²) in [5.41, 5.74) is 2.00. The molecule has 1 atom stereocenters. The Kier molecular flexibility index (Phi) is 6.80. The molecule has 8 nitrogen and oxygen atoms in total. The van der Waals surface area contributed by atoms with Crippen LogP contribution in [-0.4, -0.2) is 41.8 Å². The van der Waals surface area contributed by atoms with Gasteiger partial charge in [0.25, 0.3) is 0 Å². The second-order valence-electron chi connectivity index (χ2n) is 6.34. The van der Waals surface area contributed by atoms with Crippen LogP contribution in [0.3, 0.4) is 0 Å². The number of hydrogen-bond acceptors (Lipinski definition) is 6. The lowest BCUT2D eigenvalue weighted by atomic mass is 10.1. The number of carbonyl (C=O) groups is 3. The van der Waals surface area contributed by atoms with Gasteiger partial charge in [-0.15, -0.1) is 0 Å². The number of ether oxygens (including phenoxy) is 2. The van der Waals surface area contributed by atoms with Crippen LogP contribution in [0.5, 0.6) is 0 Å². The first-order valence-corrected chi connectivity index (χ1v) is 8.87. The van der Waals surface area contributed by atoms with Crippen molar-refractivity contribution < 1.29 is 23.9 Å². The molecule has 150 valence electrons. The van der Waals surface area contributed by atoms with Crippen molar-refractivity contribution in [2.24, 2.45) is 5.92 Å². The third kappa shape index (κ3) is 4.69. The van der Waals surface area contributed by atoms with Gasteiger partial charge in [0.05, 0.1) is 54.2 Å². The van der Waals surface area contributed by atoms with E-state index in [2.05, 4.69) is 19.9 Å². The van der Waals surface area contributed by atoms with Crippen LogP contribution in [0.2, 0.25) is 5.02 Å². The van der Waals surface area contributed by atoms with Gasteiger partial charge in [-0.3, -0.25) is 9.48 Å². The van der Waals surface area contributed by atoms with Crippen LogP contribution in [0.1, 0.15) is 39.0 Å². The van der Waals surface area contributed by atoms with E-state index in [1.807, 2.05) is 6.92 Å². The van der Waals surface area contributed by atoms with Gasteiger partial charge in [0.15, 0.2) is 0 Å². The molecule has 9 heteroatoms. The smallest absolute Gasteiger partial charge is 0.337 e. The Morgan fingerprint density at radius 2 is 1.64 bits per heavy atom. The fourth-order valence-corrected chi connectivity index (χ4v) is 2.77. The van der Waals surface area contributed by atoms with Gasteiger partial charge in [0, 0.05) is 5.69 Å². The first-order valence-electron chi connectivity index (χ1n) is 8.50. The highest BCUT2D eigenvalue weighted by Gasteiger charge is 2.19. The molecule has 1 aromatic heterocycles. The molecule has 0 bridgehead atoms. The van der Waals surface area contributed by atoms with Gasteiger partial charge in [-0.2, -0.15) is 5.10 Å². The Hall–Kier alpha value is -2.87. The van der Waals surface area contributed by atoms with Crippen LogP contribution in [0.4, 0.5) is 5.69 Å². The predicted molar refractivity (Wildman–Crippen MR) is 104 cm³/mol. The van der Waals surface area contributed by atoms with Crippen molar-refractivity contribution in [1.82, 2.24) is 9.78 Å². The van der Waals surface area contributed by atoms with Crippen LogP contribution in [-0.2, 0) is 20.8 Å². The van der Waals surface area contributed by atoms with E-state index in [0.29, 0.717) is 17.3 Å². The first kappa shape index (κ1) is 21.4. The number of nitrogens with one attached hydrogen (secondary N) is 1. The van der Waals surface area contributed by atoms with E-state index in [9.17, 15) is 14.4 Å².